The predicted octanol–water partition coefficient (Wildman–Crippen LogP) is 6.02. The number of ether oxygens (including phenoxy) is 5. The lowest BCUT2D eigenvalue weighted by Gasteiger charge is -2.47. The van der Waals surface area contributed by atoms with Crippen molar-refractivity contribution in [1.29, 1.82) is 0 Å². The fraction of sp³-hybridized carbons (Fsp3) is 0.419. The van der Waals surface area contributed by atoms with Gasteiger partial charge in [-0.05, 0) is 22.6 Å². The van der Waals surface area contributed by atoms with Crippen LogP contribution in [0, 0.1) is 11.8 Å². The first-order valence-corrected chi connectivity index (χ1v) is 12.8. The molecule has 0 aliphatic carbocycles. The monoisotopic (exact) mass is 490 g/mol. The second-order valence-corrected chi connectivity index (χ2v) is 9.62. The first-order chi connectivity index (χ1) is 17.7. The average Bonchev–Trinajstić information content (AvgIpc) is 2.92. The molecule has 1 aliphatic rings. The van der Waals surface area contributed by atoms with Gasteiger partial charge in [0, 0.05) is 13.0 Å². The van der Waals surface area contributed by atoms with Crippen LogP contribution >= 0.6 is 0 Å². The number of hydrogen-bond acceptors (Lipinski definition) is 5. The van der Waals surface area contributed by atoms with Gasteiger partial charge < -0.3 is 23.7 Å². The maximum atomic E-state index is 6.63. The van der Waals surface area contributed by atoms with E-state index in [1.54, 1.807) is 7.11 Å². The largest absolute Gasteiger partial charge is 0.374 e. The number of methoxy groups -OCH3 is 1. The fourth-order valence-corrected chi connectivity index (χ4v) is 4.77. The highest BCUT2D eigenvalue weighted by atomic mass is 16.7. The van der Waals surface area contributed by atoms with Crippen molar-refractivity contribution < 1.29 is 23.7 Å². The van der Waals surface area contributed by atoms with Crippen LogP contribution in [0.25, 0.3) is 0 Å². The van der Waals surface area contributed by atoms with Gasteiger partial charge in [-0.25, -0.2) is 0 Å². The molecule has 36 heavy (non-hydrogen) atoms. The van der Waals surface area contributed by atoms with Gasteiger partial charge in [0.25, 0.3) is 0 Å². The Morgan fingerprint density at radius 3 is 1.61 bits per heavy atom. The van der Waals surface area contributed by atoms with Gasteiger partial charge >= 0.3 is 0 Å². The second-order valence-electron chi connectivity index (χ2n) is 9.62. The Morgan fingerprint density at radius 1 is 0.667 bits per heavy atom. The summed E-state index contributed by atoms with van der Waals surface area (Å²) < 4.78 is 31.6. The molecule has 0 spiro atoms. The maximum Gasteiger partial charge on any atom is 0.163 e. The summed E-state index contributed by atoms with van der Waals surface area (Å²) in [7, 11) is 1.70. The van der Waals surface area contributed by atoms with Crippen molar-refractivity contribution >= 4 is 0 Å². The van der Waals surface area contributed by atoms with Crippen molar-refractivity contribution in [3.8, 4) is 0 Å². The third kappa shape index (κ3) is 7.25. The van der Waals surface area contributed by atoms with Crippen molar-refractivity contribution in [3.05, 3.63) is 108 Å². The molecule has 0 unspecified atom stereocenters. The molecule has 3 aromatic rings. The van der Waals surface area contributed by atoms with Crippen LogP contribution in [-0.4, -0.2) is 38.3 Å². The minimum Gasteiger partial charge on any atom is -0.374 e. The summed E-state index contributed by atoms with van der Waals surface area (Å²) in [6, 6.07) is 30.6. The van der Waals surface area contributed by atoms with Crippen molar-refractivity contribution in [3.63, 3.8) is 0 Å². The molecule has 0 N–H and O–H groups in total. The van der Waals surface area contributed by atoms with E-state index < -0.39 is 6.29 Å². The van der Waals surface area contributed by atoms with Crippen molar-refractivity contribution in [2.24, 2.45) is 11.8 Å². The molecule has 1 aliphatic heterocycles. The molecule has 0 radical (unpaired) electrons. The lowest BCUT2D eigenvalue weighted by Crippen LogP contribution is -2.59. The summed E-state index contributed by atoms with van der Waals surface area (Å²) >= 11 is 0. The van der Waals surface area contributed by atoms with Crippen LogP contribution in [0.15, 0.2) is 91.0 Å². The summed E-state index contributed by atoms with van der Waals surface area (Å²) in [5, 5.41) is 0. The van der Waals surface area contributed by atoms with Crippen molar-refractivity contribution in [2.45, 2.75) is 58.3 Å². The van der Waals surface area contributed by atoms with Crippen LogP contribution in [-0.2, 0) is 43.5 Å². The van der Waals surface area contributed by atoms with Crippen LogP contribution in [0.4, 0.5) is 0 Å². The molecule has 5 atom stereocenters. The summed E-state index contributed by atoms with van der Waals surface area (Å²) in [5.41, 5.74) is 3.35. The topological polar surface area (TPSA) is 46.2 Å². The molecule has 5 nitrogen and oxygen atoms in total. The summed E-state index contributed by atoms with van der Waals surface area (Å²) in [5.74, 6) is 0.273. The third-order valence-electron chi connectivity index (χ3n) is 6.66. The van der Waals surface area contributed by atoms with Gasteiger partial charge in [0.1, 0.15) is 12.2 Å². The number of benzene rings is 3. The lowest BCUT2D eigenvalue weighted by atomic mass is 9.82. The van der Waals surface area contributed by atoms with Crippen LogP contribution in [0.2, 0.25) is 0 Å². The Bertz CT molecular complexity index is 995. The molecule has 5 heteroatoms. The Hall–Kier alpha value is -2.54. The van der Waals surface area contributed by atoms with Crippen LogP contribution in [0.3, 0.4) is 0 Å². The molecule has 4 rings (SSSR count). The fourth-order valence-electron chi connectivity index (χ4n) is 4.77. The Labute approximate surface area is 215 Å². The lowest BCUT2D eigenvalue weighted by molar-refractivity contribution is -0.306. The highest BCUT2D eigenvalue weighted by Crippen LogP contribution is 2.36. The number of hydrogen-bond donors (Lipinski definition) is 0. The quantitative estimate of drug-likeness (QED) is 0.311. The van der Waals surface area contributed by atoms with Crippen LogP contribution < -0.4 is 0 Å². The van der Waals surface area contributed by atoms with Gasteiger partial charge in [-0.15, -0.1) is 0 Å². The molecular weight excluding hydrogens is 452 g/mol. The molecule has 0 bridgehead atoms. The van der Waals surface area contributed by atoms with E-state index in [-0.39, 0.29) is 30.1 Å². The van der Waals surface area contributed by atoms with E-state index >= 15 is 0 Å². The summed E-state index contributed by atoms with van der Waals surface area (Å²) in [4.78, 5) is 0. The SMILES string of the molecule is CO[C@@H]1O[C@H](COCc2ccccc2)[C@H](OCc2ccccc2)[C@H](OCc2ccccc2)[C@H]1C(C)C. The smallest absolute Gasteiger partial charge is 0.163 e. The molecule has 0 amide bonds. The van der Waals surface area contributed by atoms with Gasteiger partial charge in [-0.1, -0.05) is 105 Å². The van der Waals surface area contributed by atoms with E-state index in [1.165, 1.54) is 0 Å². The van der Waals surface area contributed by atoms with E-state index in [0.29, 0.717) is 26.4 Å². The van der Waals surface area contributed by atoms with Crippen molar-refractivity contribution in [1.82, 2.24) is 0 Å². The Morgan fingerprint density at radius 2 is 1.14 bits per heavy atom. The van der Waals surface area contributed by atoms with E-state index in [2.05, 4.69) is 50.2 Å². The van der Waals surface area contributed by atoms with E-state index in [0.717, 1.165) is 16.7 Å². The molecule has 1 heterocycles. The van der Waals surface area contributed by atoms with Gasteiger partial charge in [-0.3, -0.25) is 0 Å². The normalized spacial score (nSPS) is 24.2. The van der Waals surface area contributed by atoms with E-state index in [1.807, 2.05) is 54.6 Å². The highest BCUT2D eigenvalue weighted by Gasteiger charge is 2.48. The second kappa shape index (κ2) is 13.7. The highest BCUT2D eigenvalue weighted by molar-refractivity contribution is 5.15. The summed E-state index contributed by atoms with van der Waals surface area (Å²) in [6.07, 6.45) is -1.28. The Balaban J connectivity index is 1.55. The zero-order valence-corrected chi connectivity index (χ0v) is 21.5. The summed E-state index contributed by atoms with van der Waals surface area (Å²) in [6.45, 7) is 6.21. The average molecular weight is 491 g/mol. The van der Waals surface area contributed by atoms with E-state index in [4.69, 9.17) is 23.7 Å². The Kier molecular flexibility index (Phi) is 10.1. The molecule has 0 aromatic heterocycles. The standard InChI is InChI=1S/C31H38O5/c1-23(2)28-30(35-21-26-17-11-6-12-18-26)29(34-20-25-15-9-5-10-16-25)27(36-31(28)32-3)22-33-19-24-13-7-4-8-14-24/h4-18,23,27-31H,19-22H2,1-3H3/t27-,28-,29+,30-,31-/m1/s1. The van der Waals surface area contributed by atoms with Crippen LogP contribution in [0.1, 0.15) is 30.5 Å². The third-order valence-corrected chi connectivity index (χ3v) is 6.66. The maximum absolute atomic E-state index is 6.63. The first kappa shape index (κ1) is 26.5. The first-order valence-electron chi connectivity index (χ1n) is 12.8. The molecule has 3 aromatic carbocycles. The van der Waals surface area contributed by atoms with Crippen molar-refractivity contribution in [2.75, 3.05) is 13.7 Å². The minimum absolute atomic E-state index is 0.00450. The molecule has 1 fully saturated rings. The molecule has 0 saturated carbocycles. The molecular formula is C31H38O5. The van der Waals surface area contributed by atoms with E-state index in [9.17, 15) is 0 Å². The zero-order chi connectivity index (χ0) is 25.2. The van der Waals surface area contributed by atoms with Gasteiger partial charge in [0.2, 0.25) is 0 Å². The molecule has 192 valence electrons. The minimum atomic E-state index is -0.410. The van der Waals surface area contributed by atoms with Gasteiger partial charge in [0.15, 0.2) is 6.29 Å². The van der Waals surface area contributed by atoms with Gasteiger partial charge in [-0.2, -0.15) is 0 Å². The zero-order valence-electron chi connectivity index (χ0n) is 21.5. The molecule has 1 saturated heterocycles. The number of rotatable bonds is 12. The van der Waals surface area contributed by atoms with Crippen LogP contribution in [0.5, 0.6) is 0 Å². The van der Waals surface area contributed by atoms with Gasteiger partial charge in [0.05, 0.1) is 32.5 Å². The predicted molar refractivity (Wildman–Crippen MR) is 140 cm³/mol.